The molecule has 1 aliphatic rings. The van der Waals surface area contributed by atoms with E-state index < -0.39 is 0 Å². The Balaban J connectivity index is 1.98. The highest BCUT2D eigenvalue weighted by atomic mass is 35.5. The van der Waals surface area contributed by atoms with Gasteiger partial charge in [0.15, 0.2) is 5.75 Å². The summed E-state index contributed by atoms with van der Waals surface area (Å²) in [6, 6.07) is 10.9. The number of nitrogens with zero attached hydrogens (tertiary/aromatic N) is 2. The average molecular weight is 389 g/mol. The Morgan fingerprint density at radius 3 is 2.50 bits per heavy atom. The van der Waals surface area contributed by atoms with Crippen LogP contribution < -0.4 is 9.47 Å². The fourth-order valence-corrected chi connectivity index (χ4v) is 3.44. The molecule has 0 radical (unpaired) electrons. The molecule has 0 bridgehead atoms. The molecule has 1 aromatic carbocycles. The van der Waals surface area contributed by atoms with Gasteiger partial charge in [0.25, 0.3) is 5.88 Å². The van der Waals surface area contributed by atoms with Gasteiger partial charge >= 0.3 is 0 Å². The highest BCUT2D eigenvalue weighted by Gasteiger charge is 2.20. The second kappa shape index (κ2) is 8.44. The quantitative estimate of drug-likeness (QED) is 0.608. The molecule has 1 saturated carbocycles. The number of pyridine rings is 1. The molecule has 0 N–H and O–H groups in total. The first kappa shape index (κ1) is 18.6. The van der Waals surface area contributed by atoms with Crippen molar-refractivity contribution >= 4 is 34.9 Å². The maximum atomic E-state index is 9.61. The van der Waals surface area contributed by atoms with Gasteiger partial charge in [0.05, 0.1) is 18.4 Å². The van der Waals surface area contributed by atoms with Crippen LogP contribution >= 0.6 is 23.2 Å². The lowest BCUT2D eigenvalue weighted by Gasteiger charge is -2.15. The summed E-state index contributed by atoms with van der Waals surface area (Å²) in [5.74, 6) is 0.956. The number of allylic oxidation sites excluding steroid dienone is 1. The van der Waals surface area contributed by atoms with Crippen LogP contribution in [0.25, 0.3) is 11.6 Å². The van der Waals surface area contributed by atoms with E-state index in [1.165, 1.54) is 0 Å². The smallest absolute Gasteiger partial charge is 0.257 e. The molecule has 0 unspecified atom stereocenters. The topological polar surface area (TPSA) is 55.1 Å². The second-order valence-electron chi connectivity index (χ2n) is 6.03. The van der Waals surface area contributed by atoms with Crippen molar-refractivity contribution in [3.8, 4) is 17.7 Å². The number of methoxy groups -OCH3 is 1. The van der Waals surface area contributed by atoms with E-state index in [9.17, 15) is 5.26 Å². The average Bonchev–Trinajstić information content (AvgIpc) is 3.15. The highest BCUT2D eigenvalue weighted by Crippen LogP contribution is 2.33. The number of benzene rings is 1. The molecular formula is C20H18Cl2N2O2. The standard InChI is InChI=1S/C20H18Cl2N2O2/c1-25-19-10-9-18(24-20(19)26-14-5-2-3-6-14)13(12-23)11-15-16(21)7-4-8-17(15)22/h4,7-11,14H,2-3,5-6H2,1H3/b13-11+. The third-order valence-corrected chi connectivity index (χ3v) is 4.97. The van der Waals surface area contributed by atoms with Crippen LogP contribution in [0, 0.1) is 11.3 Å². The van der Waals surface area contributed by atoms with Gasteiger partial charge in [0, 0.05) is 15.6 Å². The van der Waals surface area contributed by atoms with Crippen molar-refractivity contribution in [3.05, 3.63) is 51.6 Å². The van der Waals surface area contributed by atoms with Crippen LogP contribution in [0.4, 0.5) is 0 Å². The van der Waals surface area contributed by atoms with Crippen molar-refractivity contribution in [2.24, 2.45) is 0 Å². The van der Waals surface area contributed by atoms with Gasteiger partial charge in [-0.2, -0.15) is 5.26 Å². The van der Waals surface area contributed by atoms with Crippen molar-refractivity contribution in [1.82, 2.24) is 4.98 Å². The molecule has 0 saturated heterocycles. The molecule has 6 heteroatoms. The van der Waals surface area contributed by atoms with E-state index in [2.05, 4.69) is 11.1 Å². The first-order chi connectivity index (χ1) is 12.6. The number of aromatic nitrogens is 1. The van der Waals surface area contributed by atoms with Crippen LogP contribution in [0.5, 0.6) is 11.6 Å². The van der Waals surface area contributed by atoms with Crippen LogP contribution in [0.2, 0.25) is 10.0 Å². The Morgan fingerprint density at radius 2 is 1.88 bits per heavy atom. The molecular weight excluding hydrogens is 371 g/mol. The van der Waals surface area contributed by atoms with Gasteiger partial charge < -0.3 is 9.47 Å². The van der Waals surface area contributed by atoms with E-state index in [0.717, 1.165) is 25.7 Å². The van der Waals surface area contributed by atoms with Gasteiger partial charge in [0.2, 0.25) is 0 Å². The molecule has 0 aliphatic heterocycles. The molecule has 1 fully saturated rings. The maximum absolute atomic E-state index is 9.61. The van der Waals surface area contributed by atoms with E-state index in [1.807, 2.05) is 0 Å². The number of hydrogen-bond donors (Lipinski definition) is 0. The Morgan fingerprint density at radius 1 is 1.19 bits per heavy atom. The maximum Gasteiger partial charge on any atom is 0.257 e. The fraction of sp³-hybridized carbons (Fsp3) is 0.300. The number of ether oxygens (including phenoxy) is 2. The Hall–Kier alpha value is -2.22. The van der Waals surface area contributed by atoms with Gasteiger partial charge in [-0.05, 0) is 56.0 Å². The molecule has 2 aromatic rings. The Labute approximate surface area is 163 Å². The Bertz CT molecular complexity index is 848. The molecule has 26 heavy (non-hydrogen) atoms. The summed E-state index contributed by atoms with van der Waals surface area (Å²) in [6.07, 6.45) is 6.09. The van der Waals surface area contributed by atoms with Crippen LogP contribution in [-0.4, -0.2) is 18.2 Å². The number of halogens is 2. The summed E-state index contributed by atoms with van der Waals surface area (Å²) >= 11 is 12.4. The van der Waals surface area contributed by atoms with E-state index >= 15 is 0 Å². The Kier molecular flexibility index (Phi) is 6.03. The zero-order valence-corrected chi connectivity index (χ0v) is 15.8. The summed E-state index contributed by atoms with van der Waals surface area (Å²) in [5.41, 5.74) is 1.42. The van der Waals surface area contributed by atoms with Crippen molar-refractivity contribution in [2.75, 3.05) is 7.11 Å². The lowest BCUT2D eigenvalue weighted by molar-refractivity contribution is 0.191. The van der Waals surface area contributed by atoms with E-state index in [-0.39, 0.29) is 6.10 Å². The predicted octanol–water partition coefficient (Wildman–Crippen LogP) is 5.78. The largest absolute Gasteiger partial charge is 0.491 e. The van der Waals surface area contributed by atoms with Gasteiger partial charge in [0.1, 0.15) is 12.2 Å². The minimum atomic E-state index is 0.138. The monoisotopic (exact) mass is 388 g/mol. The molecule has 0 amide bonds. The molecule has 0 atom stereocenters. The summed E-state index contributed by atoms with van der Waals surface area (Å²) < 4.78 is 11.4. The van der Waals surface area contributed by atoms with Crippen molar-refractivity contribution in [2.45, 2.75) is 31.8 Å². The zero-order valence-electron chi connectivity index (χ0n) is 14.3. The van der Waals surface area contributed by atoms with Crippen molar-refractivity contribution < 1.29 is 9.47 Å². The molecule has 0 spiro atoms. The predicted molar refractivity (Wildman–Crippen MR) is 104 cm³/mol. The van der Waals surface area contributed by atoms with E-state index in [0.29, 0.717) is 38.5 Å². The lowest BCUT2D eigenvalue weighted by Crippen LogP contribution is -2.13. The first-order valence-electron chi connectivity index (χ1n) is 8.40. The fourth-order valence-electron chi connectivity index (χ4n) is 2.94. The van der Waals surface area contributed by atoms with Crippen LogP contribution in [-0.2, 0) is 0 Å². The third kappa shape index (κ3) is 4.12. The number of hydrogen-bond acceptors (Lipinski definition) is 4. The van der Waals surface area contributed by atoms with Gasteiger partial charge in [-0.15, -0.1) is 0 Å². The van der Waals surface area contributed by atoms with E-state index in [4.69, 9.17) is 32.7 Å². The van der Waals surface area contributed by atoms with Crippen LogP contribution in [0.3, 0.4) is 0 Å². The summed E-state index contributed by atoms with van der Waals surface area (Å²) in [6.45, 7) is 0. The number of nitriles is 1. The van der Waals surface area contributed by atoms with Crippen molar-refractivity contribution in [3.63, 3.8) is 0 Å². The normalized spacial score (nSPS) is 14.9. The summed E-state index contributed by atoms with van der Waals surface area (Å²) in [5, 5.41) is 10.6. The number of rotatable bonds is 5. The minimum absolute atomic E-state index is 0.138. The third-order valence-electron chi connectivity index (χ3n) is 4.31. The van der Waals surface area contributed by atoms with Gasteiger partial charge in [-0.1, -0.05) is 29.3 Å². The molecule has 1 aromatic heterocycles. The SMILES string of the molecule is COc1ccc(/C(C#N)=C/c2c(Cl)cccc2Cl)nc1OC1CCCC1. The van der Waals surface area contributed by atoms with Gasteiger partial charge in [-0.3, -0.25) is 0 Å². The van der Waals surface area contributed by atoms with Crippen LogP contribution in [0.1, 0.15) is 36.9 Å². The molecule has 1 heterocycles. The first-order valence-corrected chi connectivity index (χ1v) is 9.16. The summed E-state index contributed by atoms with van der Waals surface area (Å²) in [7, 11) is 1.57. The highest BCUT2D eigenvalue weighted by molar-refractivity contribution is 6.37. The van der Waals surface area contributed by atoms with Crippen molar-refractivity contribution in [1.29, 1.82) is 5.26 Å². The minimum Gasteiger partial charge on any atom is -0.491 e. The molecule has 1 aliphatic carbocycles. The molecule has 134 valence electrons. The summed E-state index contributed by atoms with van der Waals surface area (Å²) in [4.78, 5) is 4.51. The molecule has 4 nitrogen and oxygen atoms in total. The van der Waals surface area contributed by atoms with E-state index in [1.54, 1.807) is 43.5 Å². The second-order valence-corrected chi connectivity index (χ2v) is 6.85. The zero-order chi connectivity index (χ0) is 18.5. The lowest BCUT2D eigenvalue weighted by atomic mass is 10.1. The molecule has 3 rings (SSSR count). The van der Waals surface area contributed by atoms with Gasteiger partial charge in [-0.25, -0.2) is 4.98 Å². The van der Waals surface area contributed by atoms with Crippen LogP contribution in [0.15, 0.2) is 30.3 Å².